The van der Waals surface area contributed by atoms with Gasteiger partial charge in [0.25, 0.3) is 0 Å². The Labute approximate surface area is 136 Å². The zero-order valence-electron chi connectivity index (χ0n) is 15.6. The minimum Gasteiger partial charge on any atom is -0.784 e. The minimum atomic E-state index is -3.11. The van der Waals surface area contributed by atoms with E-state index < -0.39 is 11.4 Å². The van der Waals surface area contributed by atoms with Crippen LogP contribution in [0.15, 0.2) is 0 Å². The second kappa shape index (κ2) is 16.4. The Morgan fingerprint density at radius 2 is 0.905 bits per heavy atom. The van der Waals surface area contributed by atoms with Gasteiger partial charge in [0.2, 0.25) is 0 Å². The Morgan fingerprint density at radius 1 is 0.714 bits per heavy atom. The lowest BCUT2D eigenvalue weighted by atomic mass is 10.1. The zero-order chi connectivity index (χ0) is 16.6. The van der Waals surface area contributed by atoms with Crippen LogP contribution in [0, 0.1) is 0 Å². The van der Waals surface area contributed by atoms with E-state index in [1.54, 1.807) is 0 Å². The molecule has 0 saturated heterocycles. The minimum absolute atomic E-state index is 0. The highest BCUT2D eigenvalue weighted by Gasteiger charge is 2.24. The van der Waals surface area contributed by atoms with Crippen LogP contribution in [0.3, 0.4) is 0 Å². The number of hydrogen-bond acceptors (Lipinski definition) is 3. The molecular formula is C16H37NO3S. The highest BCUT2D eigenvalue weighted by atomic mass is 32.2. The maximum Gasteiger partial charge on any atom is 1.00 e. The van der Waals surface area contributed by atoms with Gasteiger partial charge in [-0.15, -0.1) is 11.4 Å². The van der Waals surface area contributed by atoms with Gasteiger partial charge in [-0.3, -0.25) is 4.21 Å². The summed E-state index contributed by atoms with van der Waals surface area (Å²) in [7, 11) is 0. The van der Waals surface area contributed by atoms with Gasteiger partial charge in [-0.25, -0.2) is 0 Å². The van der Waals surface area contributed by atoms with Gasteiger partial charge >= 0.3 is 1.43 Å². The summed E-state index contributed by atoms with van der Waals surface area (Å²) in [6.45, 7) is 15.0. The maximum atomic E-state index is 8.44. The highest BCUT2D eigenvalue weighted by molar-refractivity contribution is 7.72. The van der Waals surface area contributed by atoms with Gasteiger partial charge in [0.05, 0.1) is 26.2 Å². The van der Waals surface area contributed by atoms with Crippen molar-refractivity contribution in [3.63, 3.8) is 0 Å². The van der Waals surface area contributed by atoms with E-state index in [0.717, 1.165) is 0 Å². The first kappa shape index (κ1) is 23.3. The van der Waals surface area contributed by atoms with E-state index in [9.17, 15) is 0 Å². The van der Waals surface area contributed by atoms with E-state index in [4.69, 9.17) is 13.3 Å². The third-order valence-electron chi connectivity index (χ3n) is 3.94. The second-order valence-electron chi connectivity index (χ2n) is 5.85. The quantitative estimate of drug-likeness (QED) is 0.401. The van der Waals surface area contributed by atoms with Crippen LogP contribution in [-0.4, -0.2) is 44.0 Å². The Hall–Kier alpha value is 0.0300. The normalized spacial score (nSPS) is 11.4. The number of quaternary nitrogens is 1. The molecule has 0 rings (SSSR count). The van der Waals surface area contributed by atoms with Crippen LogP contribution < -0.4 is 0 Å². The van der Waals surface area contributed by atoms with Gasteiger partial charge in [-0.05, 0) is 25.7 Å². The molecule has 0 N–H and O–H groups in total. The summed E-state index contributed by atoms with van der Waals surface area (Å²) < 4.78 is 26.8. The first-order chi connectivity index (χ1) is 9.97. The van der Waals surface area contributed by atoms with Crippen LogP contribution in [0.5, 0.6) is 0 Å². The van der Waals surface area contributed by atoms with Gasteiger partial charge in [0.1, 0.15) is 0 Å². The number of nitrogens with zero attached hydrogens (tertiary/aromatic N) is 1. The van der Waals surface area contributed by atoms with Crippen LogP contribution in [0.2, 0.25) is 0 Å². The molecule has 0 spiro atoms. The van der Waals surface area contributed by atoms with E-state index in [-0.39, 0.29) is 1.43 Å². The molecule has 0 aromatic carbocycles. The molecular weight excluding hydrogens is 286 g/mol. The Kier molecular flexibility index (Phi) is 18.2. The number of hydrogen-bond donors (Lipinski definition) is 0. The van der Waals surface area contributed by atoms with Crippen LogP contribution in [0.1, 0.15) is 80.5 Å². The molecule has 0 saturated carbocycles. The predicted molar refractivity (Wildman–Crippen MR) is 90.2 cm³/mol. The average Bonchev–Trinajstić information content (AvgIpc) is 2.45. The maximum absolute atomic E-state index is 8.44. The van der Waals surface area contributed by atoms with Gasteiger partial charge in [-0.1, -0.05) is 53.4 Å². The molecule has 4 nitrogen and oxygen atoms in total. The topological polar surface area (TPSA) is 63.2 Å². The standard InChI is InChI=1S/C16H36N.H2O3S/c1-5-9-13-17(14-10-6-2,15-11-7-3)16-12-8-4;1-4(2)3/h5-16H2,1-4H3;(H2,1,2,3)/q+1;/p-1. The van der Waals surface area contributed by atoms with E-state index in [1.165, 1.54) is 82.0 Å². The van der Waals surface area contributed by atoms with E-state index in [2.05, 4.69) is 27.7 Å². The van der Waals surface area contributed by atoms with Gasteiger partial charge in [0, 0.05) is 0 Å². The van der Waals surface area contributed by atoms with Gasteiger partial charge in [0.15, 0.2) is 0 Å². The lowest BCUT2D eigenvalue weighted by molar-refractivity contribution is -0.929. The summed E-state index contributed by atoms with van der Waals surface area (Å²) in [5, 5.41) is 0. The molecule has 0 aromatic heterocycles. The van der Waals surface area contributed by atoms with E-state index >= 15 is 0 Å². The van der Waals surface area contributed by atoms with Gasteiger partial charge < -0.3 is 13.6 Å². The van der Waals surface area contributed by atoms with Crippen molar-refractivity contribution in [2.24, 2.45) is 0 Å². The fraction of sp³-hybridized carbons (Fsp3) is 1.00. The molecule has 0 aromatic rings. The smallest absolute Gasteiger partial charge is 0.784 e. The molecule has 5 heteroatoms. The lowest BCUT2D eigenvalue weighted by Gasteiger charge is -2.39. The SMILES string of the molecule is CCCC[N+](CCCC)(CCCC)CCCC.O=S([O-])[O-].[H+]. The molecule has 21 heavy (non-hydrogen) atoms. The van der Waals surface area contributed by atoms with Crippen molar-refractivity contribution in [1.29, 1.82) is 0 Å². The molecule has 0 bridgehead atoms. The summed E-state index contributed by atoms with van der Waals surface area (Å²) >= 11 is -3.11. The van der Waals surface area contributed by atoms with Crippen molar-refractivity contribution >= 4 is 11.4 Å². The van der Waals surface area contributed by atoms with Crippen molar-refractivity contribution in [1.82, 2.24) is 0 Å². The molecule has 0 unspecified atom stereocenters. The lowest BCUT2D eigenvalue weighted by Crippen LogP contribution is -2.50. The van der Waals surface area contributed by atoms with Crippen LogP contribution in [0.25, 0.3) is 0 Å². The average molecular weight is 324 g/mol. The molecule has 0 aliphatic heterocycles. The first-order valence-corrected chi connectivity index (χ1v) is 9.59. The summed E-state index contributed by atoms with van der Waals surface area (Å²) in [5.74, 6) is 0. The van der Waals surface area contributed by atoms with Crippen molar-refractivity contribution in [2.45, 2.75) is 79.1 Å². The second-order valence-corrected chi connectivity index (χ2v) is 6.26. The monoisotopic (exact) mass is 323 g/mol. The molecule has 0 heterocycles. The van der Waals surface area contributed by atoms with E-state index in [1.807, 2.05) is 0 Å². The van der Waals surface area contributed by atoms with Crippen molar-refractivity contribution < 1.29 is 19.2 Å². The highest BCUT2D eigenvalue weighted by Crippen LogP contribution is 2.16. The third kappa shape index (κ3) is 16.2. The third-order valence-corrected chi connectivity index (χ3v) is 3.94. The van der Waals surface area contributed by atoms with Crippen LogP contribution >= 0.6 is 0 Å². The first-order valence-electron chi connectivity index (χ1n) is 8.59. The molecule has 0 radical (unpaired) electrons. The van der Waals surface area contributed by atoms with E-state index in [0.29, 0.717) is 0 Å². The fourth-order valence-corrected chi connectivity index (χ4v) is 2.64. The molecule has 0 fully saturated rings. The summed E-state index contributed by atoms with van der Waals surface area (Å²) in [5.41, 5.74) is 0. The fourth-order valence-electron chi connectivity index (χ4n) is 2.64. The largest absolute Gasteiger partial charge is 1.00 e. The molecule has 130 valence electrons. The number of rotatable bonds is 12. The molecule has 0 aliphatic rings. The number of unbranched alkanes of at least 4 members (excludes halogenated alkanes) is 4. The predicted octanol–water partition coefficient (Wildman–Crippen LogP) is 4.11. The Morgan fingerprint density at radius 3 is 1.05 bits per heavy atom. The van der Waals surface area contributed by atoms with Crippen LogP contribution in [-0.2, 0) is 11.4 Å². The van der Waals surface area contributed by atoms with Crippen molar-refractivity contribution in [3.8, 4) is 0 Å². The zero-order valence-corrected chi connectivity index (χ0v) is 15.4. The van der Waals surface area contributed by atoms with Crippen molar-refractivity contribution in [2.75, 3.05) is 26.2 Å². The summed E-state index contributed by atoms with van der Waals surface area (Å²) in [4.78, 5) is 0. The Balaban J connectivity index is -0.000000640. The Bertz CT molecular complexity index is 202. The van der Waals surface area contributed by atoms with Crippen molar-refractivity contribution in [3.05, 3.63) is 0 Å². The molecule has 0 amide bonds. The van der Waals surface area contributed by atoms with Crippen LogP contribution in [0.4, 0.5) is 0 Å². The van der Waals surface area contributed by atoms with Gasteiger partial charge in [-0.2, -0.15) is 0 Å². The molecule has 0 atom stereocenters. The summed E-state index contributed by atoms with van der Waals surface area (Å²) in [6.07, 6.45) is 11.1. The summed E-state index contributed by atoms with van der Waals surface area (Å²) in [6, 6.07) is 0. The molecule has 0 aliphatic carbocycles.